The first-order valence-electron chi connectivity index (χ1n) is 11.8. The van der Waals surface area contributed by atoms with E-state index in [1.165, 1.54) is 6.08 Å². The van der Waals surface area contributed by atoms with E-state index in [9.17, 15) is 4.39 Å². The minimum atomic E-state index is -0.515. The molecule has 0 aromatic carbocycles. The molecule has 1 atom stereocenters. The average molecular weight is 489 g/mol. The molecule has 9 heteroatoms. The Balaban J connectivity index is 1.60. The summed E-state index contributed by atoms with van der Waals surface area (Å²) in [5, 5.41) is 6.41. The number of aryl methyl sites for hydroxylation is 1. The number of aromatic nitrogens is 3. The molecule has 1 unspecified atom stereocenters. The molecule has 2 aromatic rings. The van der Waals surface area contributed by atoms with E-state index in [2.05, 4.69) is 16.1 Å². The molecule has 1 saturated heterocycles. The number of halogens is 2. The van der Waals surface area contributed by atoms with Crippen LogP contribution in [0.15, 0.2) is 42.8 Å². The molecule has 0 radical (unpaired) electrons. The van der Waals surface area contributed by atoms with Crippen molar-refractivity contribution in [2.75, 3.05) is 44.2 Å². The molecule has 2 N–H and O–H groups in total. The van der Waals surface area contributed by atoms with Crippen molar-refractivity contribution in [3.05, 3.63) is 54.2 Å². The molecular formula is C25H34ClFN6O. The molecule has 4 rings (SSSR count). The maximum absolute atomic E-state index is 12.5. The number of piperidine rings is 1. The molecule has 0 aliphatic carbocycles. The van der Waals surface area contributed by atoms with Crippen molar-refractivity contribution in [3.8, 4) is 0 Å². The first-order valence-corrected chi connectivity index (χ1v) is 12.4. The zero-order valence-corrected chi connectivity index (χ0v) is 20.7. The van der Waals surface area contributed by atoms with Gasteiger partial charge in [0.1, 0.15) is 12.2 Å². The van der Waals surface area contributed by atoms with Gasteiger partial charge in [-0.2, -0.15) is 5.10 Å². The average Bonchev–Trinajstić information content (AvgIpc) is 3.33. The van der Waals surface area contributed by atoms with Crippen molar-refractivity contribution in [1.29, 1.82) is 0 Å². The van der Waals surface area contributed by atoms with Crippen LogP contribution in [-0.2, 0) is 4.84 Å². The van der Waals surface area contributed by atoms with Gasteiger partial charge in [-0.05, 0) is 49.7 Å². The lowest BCUT2D eigenvalue weighted by molar-refractivity contribution is -0.102. The van der Waals surface area contributed by atoms with Gasteiger partial charge in [0.25, 0.3) is 0 Å². The molecule has 2 aliphatic heterocycles. The fourth-order valence-corrected chi connectivity index (χ4v) is 5.43. The summed E-state index contributed by atoms with van der Waals surface area (Å²) in [6, 6.07) is 2.03. The third-order valence-corrected chi connectivity index (χ3v) is 7.50. The van der Waals surface area contributed by atoms with Crippen LogP contribution < -0.4 is 10.6 Å². The number of fused-ring (bicyclic) bond motifs is 1. The van der Waals surface area contributed by atoms with E-state index >= 15 is 0 Å². The van der Waals surface area contributed by atoms with Crippen molar-refractivity contribution in [2.24, 2.45) is 11.1 Å². The van der Waals surface area contributed by atoms with Gasteiger partial charge in [-0.25, -0.2) is 13.9 Å². The quantitative estimate of drug-likeness (QED) is 0.483. The van der Waals surface area contributed by atoms with Gasteiger partial charge in [0.2, 0.25) is 0 Å². The van der Waals surface area contributed by atoms with Gasteiger partial charge in [-0.3, -0.25) is 9.90 Å². The Morgan fingerprint density at radius 2 is 2.15 bits per heavy atom. The number of hydrogen-bond acceptors (Lipinski definition) is 6. The fraction of sp³-hybridized carbons (Fsp3) is 0.520. The van der Waals surface area contributed by atoms with Crippen LogP contribution >= 0.6 is 11.6 Å². The lowest BCUT2D eigenvalue weighted by Gasteiger charge is -2.47. The van der Waals surface area contributed by atoms with Gasteiger partial charge in [0.05, 0.1) is 31.2 Å². The van der Waals surface area contributed by atoms with Gasteiger partial charge in [-0.1, -0.05) is 24.3 Å². The van der Waals surface area contributed by atoms with Crippen LogP contribution in [0.3, 0.4) is 0 Å². The van der Waals surface area contributed by atoms with E-state index in [0.29, 0.717) is 6.54 Å². The second kappa shape index (κ2) is 10.9. The number of hydrogen-bond donors (Lipinski definition) is 1. The summed E-state index contributed by atoms with van der Waals surface area (Å²) in [7, 11) is 1.69. The third-order valence-electron chi connectivity index (χ3n) is 7.21. The van der Waals surface area contributed by atoms with Gasteiger partial charge in [0.15, 0.2) is 5.82 Å². The molecule has 7 nitrogen and oxygen atoms in total. The van der Waals surface area contributed by atoms with Gasteiger partial charge in [-0.15, -0.1) is 11.6 Å². The number of hydroxylamine groups is 2. The fourth-order valence-electron chi connectivity index (χ4n) is 5.21. The summed E-state index contributed by atoms with van der Waals surface area (Å²) >= 11 is 6.25. The van der Waals surface area contributed by atoms with E-state index in [1.807, 2.05) is 34.8 Å². The summed E-state index contributed by atoms with van der Waals surface area (Å²) in [4.78, 5) is 12.8. The van der Waals surface area contributed by atoms with E-state index < -0.39 is 6.67 Å². The summed E-state index contributed by atoms with van der Waals surface area (Å²) in [5.74, 6) is 1.21. The molecule has 2 aliphatic rings. The molecule has 2 aromatic heterocycles. The molecule has 0 amide bonds. The van der Waals surface area contributed by atoms with Crippen molar-refractivity contribution in [3.63, 3.8) is 0 Å². The van der Waals surface area contributed by atoms with Gasteiger partial charge < -0.3 is 10.6 Å². The van der Waals surface area contributed by atoms with Crippen molar-refractivity contribution in [1.82, 2.24) is 19.7 Å². The number of allylic oxidation sites excluding steroid dienone is 5. The predicted molar refractivity (Wildman–Crippen MR) is 135 cm³/mol. The van der Waals surface area contributed by atoms with Crippen LogP contribution in [0.1, 0.15) is 37.1 Å². The molecule has 0 saturated carbocycles. The Morgan fingerprint density at radius 1 is 1.35 bits per heavy atom. The zero-order chi connectivity index (χ0) is 24.1. The van der Waals surface area contributed by atoms with Crippen LogP contribution in [0.4, 0.5) is 10.2 Å². The largest absolute Gasteiger partial charge is 0.355 e. The summed E-state index contributed by atoms with van der Waals surface area (Å²) in [6.45, 7) is 3.92. The van der Waals surface area contributed by atoms with E-state index in [-0.39, 0.29) is 17.3 Å². The summed E-state index contributed by atoms with van der Waals surface area (Å²) in [6.07, 6.45) is 15.0. The van der Waals surface area contributed by atoms with Crippen LogP contribution in [0.2, 0.25) is 0 Å². The third kappa shape index (κ3) is 4.85. The maximum atomic E-state index is 12.5. The smallest absolute Gasteiger partial charge is 0.155 e. The summed E-state index contributed by atoms with van der Waals surface area (Å²) in [5.41, 5.74) is 10.3. The molecule has 184 valence electrons. The topological polar surface area (TPSA) is 71.9 Å². The molecular weight excluding hydrogens is 455 g/mol. The number of nitrogens with zero attached hydrogens (tertiary/aromatic N) is 5. The van der Waals surface area contributed by atoms with E-state index in [1.54, 1.807) is 19.4 Å². The van der Waals surface area contributed by atoms with Crippen molar-refractivity contribution in [2.45, 2.75) is 38.6 Å². The molecule has 0 bridgehead atoms. The normalized spacial score (nSPS) is 22.5. The van der Waals surface area contributed by atoms with E-state index in [4.69, 9.17) is 27.2 Å². The minimum absolute atomic E-state index is 0.0420. The highest BCUT2D eigenvalue weighted by molar-refractivity contribution is 6.23. The lowest BCUT2D eigenvalue weighted by Crippen LogP contribution is -2.54. The highest BCUT2D eigenvalue weighted by atomic mass is 35.5. The number of anilines is 1. The Hall–Kier alpha value is -2.42. The molecule has 1 fully saturated rings. The zero-order valence-electron chi connectivity index (χ0n) is 20.0. The SMILES string of the molecule is CON1/C=C\CCC2(CCN(c3nc(C)c(/C(=C/C=C\CF)CCl)n4nccc34)CC2)C(N)C1. The second-order valence-electron chi connectivity index (χ2n) is 9.07. The van der Waals surface area contributed by atoms with E-state index in [0.717, 1.165) is 67.1 Å². The standard InChI is InChI=1S/C25H34ClFN6O/c1-19-23(20(17-26)7-3-5-12-27)33-21(8-13-29-33)24(30-19)31-15-10-25(11-16-31)9-4-6-14-32(34-2)18-22(25)28/h3,5-8,13-14,22H,4,9-12,15-18,28H2,1-2H3/b5-3-,14-6-,20-7+. The van der Waals surface area contributed by atoms with Gasteiger partial charge >= 0.3 is 0 Å². The van der Waals surface area contributed by atoms with Crippen molar-refractivity contribution < 1.29 is 9.23 Å². The summed E-state index contributed by atoms with van der Waals surface area (Å²) < 4.78 is 14.4. The highest BCUT2D eigenvalue weighted by Crippen LogP contribution is 2.41. The van der Waals surface area contributed by atoms with Gasteiger partial charge in [0, 0.05) is 31.2 Å². The molecule has 1 spiro atoms. The number of rotatable bonds is 6. The lowest BCUT2D eigenvalue weighted by atomic mass is 9.69. The Morgan fingerprint density at radius 3 is 2.85 bits per heavy atom. The van der Waals surface area contributed by atoms with Crippen LogP contribution in [-0.4, -0.2) is 65.0 Å². The van der Waals surface area contributed by atoms with Crippen LogP contribution in [0.5, 0.6) is 0 Å². The molecule has 4 heterocycles. The first-order chi connectivity index (χ1) is 16.5. The van der Waals surface area contributed by atoms with Crippen LogP contribution in [0.25, 0.3) is 11.1 Å². The van der Waals surface area contributed by atoms with Crippen molar-refractivity contribution >= 4 is 28.5 Å². The number of nitrogens with two attached hydrogens (primary N) is 1. The maximum Gasteiger partial charge on any atom is 0.155 e. The Labute approximate surface area is 205 Å². The molecule has 34 heavy (non-hydrogen) atoms. The Bertz CT molecular complexity index is 1070. The monoisotopic (exact) mass is 488 g/mol. The highest BCUT2D eigenvalue weighted by Gasteiger charge is 2.41. The number of alkyl halides is 2. The predicted octanol–water partition coefficient (Wildman–Crippen LogP) is 4.27. The Kier molecular flexibility index (Phi) is 7.91. The second-order valence-corrected chi connectivity index (χ2v) is 9.33. The first kappa shape index (κ1) is 24.7. The minimum Gasteiger partial charge on any atom is -0.355 e. The van der Waals surface area contributed by atoms with Crippen LogP contribution in [0, 0.1) is 12.3 Å².